The van der Waals surface area contributed by atoms with Crippen molar-refractivity contribution in [1.29, 1.82) is 0 Å². The lowest BCUT2D eigenvalue weighted by atomic mass is 10.0. The minimum atomic E-state index is -0.829. The molecule has 1 unspecified atom stereocenters. The highest BCUT2D eigenvalue weighted by Gasteiger charge is 2.37. The van der Waals surface area contributed by atoms with Crippen LogP contribution in [0.5, 0.6) is 0 Å². The van der Waals surface area contributed by atoms with Gasteiger partial charge in [0, 0.05) is 0 Å². The maximum atomic E-state index is 13.0. The zero-order valence-corrected chi connectivity index (χ0v) is 19.8. The van der Waals surface area contributed by atoms with Gasteiger partial charge >= 0.3 is 5.97 Å². The molecule has 0 bridgehead atoms. The van der Waals surface area contributed by atoms with Gasteiger partial charge in [-0.1, -0.05) is 48.5 Å². The highest BCUT2D eigenvalue weighted by Crippen LogP contribution is 2.31. The van der Waals surface area contributed by atoms with Gasteiger partial charge in [-0.2, -0.15) is 0 Å². The number of aryl methyl sites for hydroxylation is 1. The van der Waals surface area contributed by atoms with Crippen molar-refractivity contribution in [3.05, 3.63) is 101 Å². The molecule has 1 aliphatic heterocycles. The van der Waals surface area contributed by atoms with Crippen molar-refractivity contribution in [2.75, 3.05) is 11.5 Å². The highest BCUT2D eigenvalue weighted by atomic mass is 16.5. The molecule has 0 saturated carbocycles. The molecular formula is C28H24N2O6. The van der Waals surface area contributed by atoms with Crippen molar-refractivity contribution in [3.63, 3.8) is 0 Å². The molecule has 0 aliphatic carbocycles. The number of hydrogen-bond acceptors (Lipinski definition) is 6. The summed E-state index contributed by atoms with van der Waals surface area (Å²) in [5.41, 5.74) is 2.41. The van der Waals surface area contributed by atoms with Crippen molar-refractivity contribution < 1.29 is 28.7 Å². The van der Waals surface area contributed by atoms with Gasteiger partial charge in [0.2, 0.25) is 0 Å². The van der Waals surface area contributed by atoms with Crippen LogP contribution < -0.4 is 10.2 Å². The predicted octanol–water partition coefficient (Wildman–Crippen LogP) is 3.27. The Hall–Kier alpha value is -4.59. The number of anilines is 1. The number of rotatable bonds is 8. The maximum absolute atomic E-state index is 13.0. The van der Waals surface area contributed by atoms with Crippen molar-refractivity contribution in [2.45, 2.75) is 26.3 Å². The number of nitrogens with one attached hydrogen (secondary N) is 1. The van der Waals surface area contributed by atoms with Crippen molar-refractivity contribution in [3.8, 4) is 0 Å². The summed E-state index contributed by atoms with van der Waals surface area (Å²) in [7, 11) is 0. The minimum absolute atomic E-state index is 0.0294. The first-order valence-electron chi connectivity index (χ1n) is 11.4. The third kappa shape index (κ3) is 5.07. The van der Waals surface area contributed by atoms with Crippen LogP contribution in [0.3, 0.4) is 0 Å². The molecule has 0 spiro atoms. The molecule has 1 heterocycles. The fourth-order valence-corrected chi connectivity index (χ4v) is 4.00. The van der Waals surface area contributed by atoms with E-state index in [1.54, 1.807) is 25.1 Å². The summed E-state index contributed by atoms with van der Waals surface area (Å²) < 4.78 is 5.10. The number of imide groups is 1. The monoisotopic (exact) mass is 484 g/mol. The first-order chi connectivity index (χ1) is 17.3. The van der Waals surface area contributed by atoms with E-state index >= 15 is 0 Å². The van der Waals surface area contributed by atoms with E-state index in [0.29, 0.717) is 12.1 Å². The van der Waals surface area contributed by atoms with Crippen LogP contribution in [0.2, 0.25) is 0 Å². The number of carbonyl (C=O) groups is 5. The summed E-state index contributed by atoms with van der Waals surface area (Å²) in [6, 6.07) is 19.6. The molecule has 4 rings (SSSR count). The number of benzene rings is 3. The zero-order valence-electron chi connectivity index (χ0n) is 19.8. The lowest BCUT2D eigenvalue weighted by Crippen LogP contribution is -2.43. The average molecular weight is 485 g/mol. The Labute approximate surface area is 207 Å². The van der Waals surface area contributed by atoms with Crippen LogP contribution in [0.1, 0.15) is 49.1 Å². The molecule has 36 heavy (non-hydrogen) atoms. The molecule has 0 aromatic heterocycles. The average Bonchev–Trinajstić information content (AvgIpc) is 3.12. The zero-order chi connectivity index (χ0) is 25.8. The second kappa shape index (κ2) is 10.4. The molecule has 3 amide bonds. The molecule has 182 valence electrons. The Kier molecular flexibility index (Phi) is 7.05. The molecule has 1 atom stereocenters. The number of ether oxygens (including phenoxy) is 1. The van der Waals surface area contributed by atoms with Gasteiger partial charge in [-0.15, -0.1) is 0 Å². The lowest BCUT2D eigenvalue weighted by Gasteiger charge is -2.16. The number of hydrogen-bond donors (Lipinski definition) is 1. The number of esters is 1. The van der Waals surface area contributed by atoms with E-state index in [9.17, 15) is 24.0 Å². The van der Waals surface area contributed by atoms with Gasteiger partial charge in [-0.3, -0.25) is 19.2 Å². The Bertz CT molecular complexity index is 1370. The van der Waals surface area contributed by atoms with E-state index in [1.807, 2.05) is 36.4 Å². The molecule has 8 nitrogen and oxygen atoms in total. The number of carbonyl (C=O) groups excluding carboxylic acids is 5. The van der Waals surface area contributed by atoms with E-state index in [0.717, 1.165) is 16.0 Å². The fourth-order valence-electron chi connectivity index (χ4n) is 4.00. The minimum Gasteiger partial charge on any atom is -0.452 e. The van der Waals surface area contributed by atoms with Gasteiger partial charge in [0.15, 0.2) is 12.4 Å². The number of fused-ring (bicyclic) bond motifs is 1. The van der Waals surface area contributed by atoms with Gasteiger partial charge in [0.1, 0.15) is 0 Å². The third-order valence-corrected chi connectivity index (χ3v) is 5.92. The van der Waals surface area contributed by atoms with Gasteiger partial charge < -0.3 is 10.1 Å². The van der Waals surface area contributed by atoms with Crippen LogP contribution in [0.4, 0.5) is 5.69 Å². The Morgan fingerprint density at radius 2 is 1.56 bits per heavy atom. The molecule has 1 N–H and O–H groups in total. The van der Waals surface area contributed by atoms with Crippen LogP contribution in [0.25, 0.3) is 0 Å². The van der Waals surface area contributed by atoms with Gasteiger partial charge in [0.25, 0.3) is 17.7 Å². The molecular weight excluding hydrogens is 460 g/mol. The highest BCUT2D eigenvalue weighted by molar-refractivity contribution is 6.35. The first-order valence-corrected chi connectivity index (χ1v) is 11.4. The maximum Gasteiger partial charge on any atom is 0.338 e. The quantitative estimate of drug-likeness (QED) is 0.388. The summed E-state index contributed by atoms with van der Waals surface area (Å²) in [4.78, 5) is 63.8. The van der Waals surface area contributed by atoms with E-state index in [1.165, 1.54) is 25.1 Å². The smallest absolute Gasteiger partial charge is 0.338 e. The molecule has 0 saturated heterocycles. The molecule has 0 radical (unpaired) electrons. The van der Waals surface area contributed by atoms with Crippen molar-refractivity contribution in [1.82, 2.24) is 5.32 Å². The number of Topliss-reactive ketones (excluding diaryl/α,β-unsaturated/α-hetero) is 1. The third-order valence-electron chi connectivity index (χ3n) is 5.92. The summed E-state index contributed by atoms with van der Waals surface area (Å²) in [6.45, 7) is 2.57. The molecule has 3 aromatic carbocycles. The number of amides is 3. The summed E-state index contributed by atoms with van der Waals surface area (Å²) in [6.07, 6.45) is 0.314. The van der Waals surface area contributed by atoms with Crippen molar-refractivity contribution in [2.24, 2.45) is 0 Å². The van der Waals surface area contributed by atoms with Crippen LogP contribution in [0, 0.1) is 6.92 Å². The summed E-state index contributed by atoms with van der Waals surface area (Å²) in [5.74, 6) is -2.69. The van der Waals surface area contributed by atoms with Crippen LogP contribution >= 0.6 is 0 Å². The summed E-state index contributed by atoms with van der Waals surface area (Å²) in [5, 5.41) is 2.58. The first kappa shape index (κ1) is 24.5. The number of nitrogens with zero attached hydrogens (tertiary/aromatic N) is 1. The Morgan fingerprint density at radius 3 is 2.25 bits per heavy atom. The van der Waals surface area contributed by atoms with Gasteiger partial charge in [-0.25, -0.2) is 9.69 Å². The van der Waals surface area contributed by atoms with Crippen molar-refractivity contribution >= 4 is 35.2 Å². The van der Waals surface area contributed by atoms with E-state index in [-0.39, 0.29) is 22.5 Å². The van der Waals surface area contributed by atoms with Crippen LogP contribution in [-0.2, 0) is 20.7 Å². The Morgan fingerprint density at radius 1 is 0.889 bits per heavy atom. The van der Waals surface area contributed by atoms with Crippen LogP contribution in [0.15, 0.2) is 72.8 Å². The predicted molar refractivity (Wildman–Crippen MR) is 132 cm³/mol. The van der Waals surface area contributed by atoms with Gasteiger partial charge in [0.05, 0.1) is 28.4 Å². The number of ketones is 1. The SMILES string of the molecule is CC(=O)C(Cc1ccccc1)NC(=O)COC(=O)c1ccc2c(c1)C(=O)N(c1ccccc1C)C2=O. The molecule has 1 aliphatic rings. The van der Waals surface area contributed by atoms with Crippen LogP contribution in [-0.4, -0.2) is 42.1 Å². The van der Waals surface area contributed by atoms with Gasteiger partial charge in [-0.05, 0) is 55.7 Å². The largest absolute Gasteiger partial charge is 0.452 e. The topological polar surface area (TPSA) is 110 Å². The molecule has 0 fully saturated rings. The van der Waals surface area contributed by atoms with E-state index in [4.69, 9.17) is 4.74 Å². The fraction of sp³-hybridized carbons (Fsp3) is 0.179. The van der Waals surface area contributed by atoms with E-state index < -0.39 is 36.3 Å². The molecule has 3 aromatic rings. The molecule has 8 heteroatoms. The van der Waals surface area contributed by atoms with E-state index in [2.05, 4.69) is 5.32 Å². The summed E-state index contributed by atoms with van der Waals surface area (Å²) >= 11 is 0. The lowest BCUT2D eigenvalue weighted by molar-refractivity contribution is -0.128. The Balaban J connectivity index is 1.41. The normalized spacial score (nSPS) is 13.2. The standard InChI is InChI=1S/C28H24N2O6/c1-17-8-6-7-11-24(17)30-26(33)21-13-12-20(15-22(21)27(30)34)28(35)36-16-25(32)29-23(18(2)31)14-19-9-4-3-5-10-19/h3-13,15,23H,14,16H2,1-2H3,(H,29,32). The second-order valence-electron chi connectivity index (χ2n) is 8.49. The number of para-hydroxylation sites is 1. The second-order valence-corrected chi connectivity index (χ2v) is 8.49.